The van der Waals surface area contributed by atoms with Gasteiger partial charge in [0.1, 0.15) is 5.75 Å². The summed E-state index contributed by atoms with van der Waals surface area (Å²) in [6.07, 6.45) is 2.75. The van der Waals surface area contributed by atoms with Crippen LogP contribution in [-0.2, 0) is 11.3 Å². The lowest BCUT2D eigenvalue weighted by atomic mass is 9.73. The fraction of sp³-hybridized carbons (Fsp3) is 0.407. The van der Waals surface area contributed by atoms with Gasteiger partial charge < -0.3 is 15.6 Å². The van der Waals surface area contributed by atoms with E-state index in [2.05, 4.69) is 21.7 Å². The van der Waals surface area contributed by atoms with Crippen LogP contribution in [0.25, 0.3) is 10.9 Å². The van der Waals surface area contributed by atoms with E-state index >= 15 is 0 Å². The first-order valence-corrected chi connectivity index (χ1v) is 12.9. The van der Waals surface area contributed by atoms with Gasteiger partial charge in [-0.1, -0.05) is 17.9 Å². The summed E-state index contributed by atoms with van der Waals surface area (Å²) in [5.74, 6) is 6.64. The molecular formula is C27H32N4O4S. The lowest BCUT2D eigenvalue weighted by Crippen LogP contribution is -2.48. The van der Waals surface area contributed by atoms with Crippen LogP contribution >= 0.6 is 11.3 Å². The number of methoxy groups -OCH3 is 1. The number of pyridine rings is 1. The Labute approximate surface area is 215 Å². The van der Waals surface area contributed by atoms with Crippen LogP contribution in [-0.4, -0.2) is 52.8 Å². The quantitative estimate of drug-likeness (QED) is 0.209. The van der Waals surface area contributed by atoms with Gasteiger partial charge in [-0.3, -0.25) is 19.9 Å². The van der Waals surface area contributed by atoms with Crippen molar-refractivity contribution in [3.63, 3.8) is 0 Å². The molecule has 3 heterocycles. The second-order valence-electron chi connectivity index (χ2n) is 9.12. The Bertz CT molecular complexity index is 1240. The number of likely N-dealkylation sites (tertiary alicyclic amines) is 1. The summed E-state index contributed by atoms with van der Waals surface area (Å²) in [7, 11) is 1.59. The largest absolute Gasteiger partial charge is 0.497 e. The number of benzene rings is 1. The highest BCUT2D eigenvalue weighted by Gasteiger charge is 2.41. The van der Waals surface area contributed by atoms with Crippen molar-refractivity contribution in [3.05, 3.63) is 57.9 Å². The minimum atomic E-state index is -0.848. The van der Waals surface area contributed by atoms with E-state index in [1.165, 1.54) is 0 Å². The number of piperidine rings is 1. The monoisotopic (exact) mass is 508 g/mol. The lowest BCUT2D eigenvalue weighted by molar-refractivity contribution is -0.143. The van der Waals surface area contributed by atoms with Crippen LogP contribution in [0.15, 0.2) is 41.9 Å². The number of hydrogen-bond acceptors (Lipinski definition) is 8. The number of nitrogens with one attached hydrogen (secondary N) is 1. The molecular weight excluding hydrogens is 476 g/mol. The molecule has 190 valence electrons. The highest BCUT2D eigenvalue weighted by atomic mass is 32.1. The van der Waals surface area contributed by atoms with Crippen molar-refractivity contribution in [3.8, 4) is 17.6 Å². The second-order valence-corrected chi connectivity index (χ2v) is 10.1. The van der Waals surface area contributed by atoms with Crippen molar-refractivity contribution >= 4 is 28.1 Å². The number of rotatable bonds is 8. The summed E-state index contributed by atoms with van der Waals surface area (Å²) in [6.45, 7) is 2.23. The number of aromatic nitrogens is 1. The predicted molar refractivity (Wildman–Crippen MR) is 140 cm³/mol. The van der Waals surface area contributed by atoms with Gasteiger partial charge in [-0.15, -0.1) is 11.3 Å². The molecule has 1 aliphatic rings. The normalized spacial score (nSPS) is 16.2. The third kappa shape index (κ3) is 5.69. The summed E-state index contributed by atoms with van der Waals surface area (Å²) in [5.41, 5.74) is 9.28. The first-order chi connectivity index (χ1) is 17.5. The van der Waals surface area contributed by atoms with E-state index in [4.69, 9.17) is 10.5 Å². The molecule has 3 aromatic rings. The fourth-order valence-corrected chi connectivity index (χ4v) is 5.50. The Morgan fingerprint density at radius 1 is 1.36 bits per heavy atom. The molecule has 2 aromatic heterocycles. The minimum absolute atomic E-state index is 0.232. The summed E-state index contributed by atoms with van der Waals surface area (Å²) >= 11 is 1.61. The molecule has 8 nitrogen and oxygen atoms in total. The van der Waals surface area contributed by atoms with Crippen LogP contribution < -0.4 is 16.0 Å². The molecule has 1 atom stereocenters. The molecule has 36 heavy (non-hydrogen) atoms. The highest BCUT2D eigenvalue weighted by molar-refractivity contribution is 7.10. The maximum Gasteiger partial charge on any atom is 0.249 e. The van der Waals surface area contributed by atoms with Gasteiger partial charge in [-0.2, -0.15) is 0 Å². The molecule has 1 aromatic carbocycles. The number of carbonyl (C=O) groups is 1. The molecule has 1 amide bonds. The molecule has 4 rings (SSSR count). The van der Waals surface area contributed by atoms with E-state index in [9.17, 15) is 15.1 Å². The number of thiophene rings is 1. The number of amides is 1. The summed E-state index contributed by atoms with van der Waals surface area (Å²) < 4.78 is 5.37. The molecule has 1 aliphatic heterocycles. The van der Waals surface area contributed by atoms with Crippen LogP contribution in [0.2, 0.25) is 0 Å². The van der Waals surface area contributed by atoms with Crippen molar-refractivity contribution in [1.82, 2.24) is 15.4 Å². The van der Waals surface area contributed by atoms with E-state index in [-0.39, 0.29) is 6.54 Å². The summed E-state index contributed by atoms with van der Waals surface area (Å²) in [4.78, 5) is 20.5. The Morgan fingerprint density at radius 3 is 2.83 bits per heavy atom. The van der Waals surface area contributed by atoms with E-state index < -0.39 is 17.4 Å². The average molecular weight is 509 g/mol. The van der Waals surface area contributed by atoms with Crippen LogP contribution in [0.3, 0.4) is 0 Å². The zero-order valence-corrected chi connectivity index (χ0v) is 21.2. The van der Waals surface area contributed by atoms with Gasteiger partial charge in [0, 0.05) is 31.2 Å². The SMILES string of the molecule is COc1ccc2ncc(CN)c(C(O)CCC3(C(=O)NO)CCN(CC#Cc4cccs4)CC3)c2c1. The predicted octanol–water partition coefficient (Wildman–Crippen LogP) is 3.22. The van der Waals surface area contributed by atoms with E-state index in [1.54, 1.807) is 24.6 Å². The number of nitrogens with two attached hydrogens (primary N) is 1. The number of carbonyl (C=O) groups excluding carboxylic acids is 1. The van der Waals surface area contributed by atoms with Gasteiger partial charge in [0.2, 0.25) is 5.91 Å². The van der Waals surface area contributed by atoms with Crippen molar-refractivity contribution in [2.45, 2.75) is 38.3 Å². The van der Waals surface area contributed by atoms with E-state index in [0.717, 1.165) is 21.3 Å². The smallest absolute Gasteiger partial charge is 0.249 e. The molecule has 9 heteroatoms. The van der Waals surface area contributed by atoms with Crippen molar-refractivity contribution in [2.75, 3.05) is 26.7 Å². The standard InChI is InChI=1S/C27H32N4O4S/c1-35-20-6-7-23-22(16-20)25(19(17-28)18-29-23)24(32)8-9-27(26(33)30-34)10-13-31(14-11-27)12-2-4-21-5-3-15-36-21/h3,5-7,15-16,18,24,32,34H,8-14,17,28H2,1H3,(H,30,33). The minimum Gasteiger partial charge on any atom is -0.497 e. The van der Waals surface area contributed by atoms with Gasteiger partial charge in [0.25, 0.3) is 0 Å². The maximum absolute atomic E-state index is 12.8. The van der Waals surface area contributed by atoms with Crippen molar-refractivity contribution in [1.29, 1.82) is 0 Å². The van der Waals surface area contributed by atoms with Gasteiger partial charge >= 0.3 is 0 Å². The molecule has 0 bridgehead atoms. The molecule has 5 N–H and O–H groups in total. The Kier molecular flexibility index (Phi) is 8.56. The van der Waals surface area contributed by atoms with Crippen LogP contribution in [0, 0.1) is 17.3 Å². The fourth-order valence-electron chi connectivity index (χ4n) is 4.91. The number of ether oxygens (including phenoxy) is 1. The number of hydroxylamine groups is 1. The first kappa shape index (κ1) is 26.1. The third-order valence-electron chi connectivity index (χ3n) is 7.08. The molecule has 1 unspecified atom stereocenters. The van der Waals surface area contributed by atoms with Crippen LogP contribution in [0.4, 0.5) is 0 Å². The first-order valence-electron chi connectivity index (χ1n) is 12.0. The van der Waals surface area contributed by atoms with Crippen LogP contribution in [0.1, 0.15) is 47.8 Å². The van der Waals surface area contributed by atoms with Gasteiger partial charge in [0.15, 0.2) is 0 Å². The zero-order chi connectivity index (χ0) is 25.5. The topological polar surface area (TPSA) is 121 Å². The van der Waals surface area contributed by atoms with Gasteiger partial charge in [-0.05, 0) is 66.5 Å². The molecule has 0 radical (unpaired) electrons. The Morgan fingerprint density at radius 2 is 2.17 bits per heavy atom. The highest BCUT2D eigenvalue weighted by Crippen LogP contribution is 2.40. The number of aliphatic hydroxyl groups excluding tert-OH is 1. The van der Waals surface area contributed by atoms with Gasteiger partial charge in [-0.25, -0.2) is 5.48 Å². The average Bonchev–Trinajstić information content (AvgIpc) is 3.44. The maximum atomic E-state index is 12.8. The van der Waals surface area contributed by atoms with E-state index in [1.807, 2.05) is 41.2 Å². The third-order valence-corrected chi connectivity index (χ3v) is 7.87. The van der Waals surface area contributed by atoms with E-state index in [0.29, 0.717) is 56.6 Å². The van der Waals surface area contributed by atoms with Crippen LogP contribution in [0.5, 0.6) is 5.75 Å². The number of fused-ring (bicyclic) bond motifs is 1. The molecule has 0 aliphatic carbocycles. The van der Waals surface area contributed by atoms with Crippen molar-refractivity contribution < 1.29 is 19.8 Å². The van der Waals surface area contributed by atoms with Crippen molar-refractivity contribution in [2.24, 2.45) is 11.1 Å². The molecule has 1 fully saturated rings. The second kappa shape index (κ2) is 11.8. The Balaban J connectivity index is 1.48. The Hall–Kier alpha value is -3.00. The summed E-state index contributed by atoms with van der Waals surface area (Å²) in [6, 6.07) is 9.50. The molecule has 1 saturated heterocycles. The molecule has 0 saturated carbocycles. The summed E-state index contributed by atoms with van der Waals surface area (Å²) in [5, 5.41) is 23.6. The van der Waals surface area contributed by atoms with Gasteiger partial charge in [0.05, 0.1) is 35.6 Å². The molecule has 0 spiro atoms. The zero-order valence-electron chi connectivity index (χ0n) is 20.4. The lowest BCUT2D eigenvalue weighted by Gasteiger charge is -2.40. The number of nitrogens with zero attached hydrogens (tertiary/aromatic N) is 2. The number of aliphatic hydroxyl groups is 1. The number of hydrogen-bond donors (Lipinski definition) is 4.